The average molecular weight is 563 g/mol. The second kappa shape index (κ2) is 16.9. The lowest BCUT2D eigenvalue weighted by Gasteiger charge is -2.25. The van der Waals surface area contributed by atoms with Crippen LogP contribution in [0.2, 0.25) is 0 Å². The predicted octanol–water partition coefficient (Wildman–Crippen LogP) is 6.49. The number of quaternary nitrogens is 1. The van der Waals surface area contributed by atoms with Crippen molar-refractivity contribution in [1.82, 2.24) is 4.90 Å². The number of benzene rings is 1. The van der Waals surface area contributed by atoms with Gasteiger partial charge in [-0.2, -0.15) is 0 Å². The summed E-state index contributed by atoms with van der Waals surface area (Å²) in [5.74, 6) is -0.660. The van der Waals surface area contributed by atoms with E-state index in [-0.39, 0.29) is 12.5 Å². The van der Waals surface area contributed by atoms with Crippen molar-refractivity contribution in [3.63, 3.8) is 0 Å². The molecule has 0 unspecified atom stereocenters. The van der Waals surface area contributed by atoms with Crippen molar-refractivity contribution in [3.05, 3.63) is 34.7 Å². The van der Waals surface area contributed by atoms with Crippen molar-refractivity contribution in [1.29, 1.82) is 0 Å². The number of nitrogens with zero attached hydrogens (tertiary/aromatic N) is 3. The Morgan fingerprint density at radius 1 is 0.974 bits per heavy atom. The fraction of sp³-hybridized carbons (Fsp3) is 0.633. The Bertz CT molecular complexity index is 914. The van der Waals surface area contributed by atoms with Crippen molar-refractivity contribution >= 4 is 51.9 Å². The Balaban J connectivity index is 1.96. The topological polar surface area (TPSA) is 49.9 Å². The summed E-state index contributed by atoms with van der Waals surface area (Å²) in [6.45, 7) is 7.76. The van der Waals surface area contributed by atoms with Gasteiger partial charge >= 0.3 is 5.97 Å². The van der Waals surface area contributed by atoms with Gasteiger partial charge in [-0.15, -0.1) is 0 Å². The van der Waals surface area contributed by atoms with Crippen molar-refractivity contribution in [2.45, 2.75) is 71.6 Å². The van der Waals surface area contributed by atoms with Crippen molar-refractivity contribution in [3.8, 4) is 0 Å². The largest absolute Gasteiger partial charge is 0.464 e. The normalized spacial score (nSPS) is 15.0. The van der Waals surface area contributed by atoms with Gasteiger partial charge in [0.05, 0.1) is 39.2 Å². The highest BCUT2D eigenvalue weighted by molar-refractivity contribution is 8.26. The van der Waals surface area contributed by atoms with E-state index >= 15 is 0 Å². The first kappa shape index (κ1) is 32.3. The third-order valence-corrected chi connectivity index (χ3v) is 7.89. The van der Waals surface area contributed by atoms with Gasteiger partial charge in [0.2, 0.25) is 0 Å². The smallest absolute Gasteiger partial charge is 0.326 e. The number of ether oxygens (including phenoxy) is 1. The molecule has 0 spiro atoms. The lowest BCUT2D eigenvalue weighted by molar-refractivity contribution is -0.870. The van der Waals surface area contributed by atoms with Crippen molar-refractivity contribution < 1.29 is 18.8 Å². The monoisotopic (exact) mass is 562 g/mol. The zero-order valence-corrected chi connectivity index (χ0v) is 25.8. The summed E-state index contributed by atoms with van der Waals surface area (Å²) >= 11 is 6.64. The number of unbranched alkanes of at least 4 members (excludes halogenated alkanes) is 6. The molecule has 8 heteroatoms. The van der Waals surface area contributed by atoms with E-state index in [1.54, 1.807) is 0 Å². The summed E-state index contributed by atoms with van der Waals surface area (Å²) in [6, 6.07) is 8.43. The zero-order chi connectivity index (χ0) is 28.0. The molecule has 0 saturated carbocycles. The molecule has 0 bridgehead atoms. The summed E-state index contributed by atoms with van der Waals surface area (Å²) in [7, 11) is 6.29. The quantitative estimate of drug-likeness (QED) is 0.0670. The van der Waals surface area contributed by atoms with Crippen LogP contribution in [0.1, 0.15) is 77.2 Å². The number of thioether (sulfide) groups is 1. The number of hydrogen-bond acceptors (Lipinski definition) is 6. The summed E-state index contributed by atoms with van der Waals surface area (Å²) in [4.78, 5) is 29.6. The molecule has 0 N–H and O–H groups in total. The van der Waals surface area contributed by atoms with Gasteiger partial charge in [-0.05, 0) is 36.6 Å². The summed E-state index contributed by atoms with van der Waals surface area (Å²) in [5, 5.41) is 0. The van der Waals surface area contributed by atoms with Gasteiger partial charge in [0, 0.05) is 25.2 Å². The van der Waals surface area contributed by atoms with Crippen LogP contribution in [0.5, 0.6) is 0 Å². The number of carbonyl (C=O) groups excluding carboxylic acids is 2. The molecule has 1 saturated heterocycles. The molecule has 212 valence electrons. The molecule has 0 aliphatic carbocycles. The summed E-state index contributed by atoms with van der Waals surface area (Å²) in [6.07, 6.45) is 12.7. The molecule has 0 radical (unpaired) electrons. The van der Waals surface area contributed by atoms with Gasteiger partial charge in [0.15, 0.2) is 0 Å². The van der Waals surface area contributed by atoms with Crippen molar-refractivity contribution in [2.24, 2.45) is 0 Å². The van der Waals surface area contributed by atoms with Gasteiger partial charge in [-0.3, -0.25) is 14.5 Å². The number of rotatable bonds is 18. The van der Waals surface area contributed by atoms with Crippen LogP contribution in [-0.2, 0) is 14.3 Å². The van der Waals surface area contributed by atoms with Gasteiger partial charge in [0.25, 0.3) is 5.91 Å². The summed E-state index contributed by atoms with van der Waals surface area (Å²) < 4.78 is 6.54. The van der Waals surface area contributed by atoms with E-state index in [4.69, 9.17) is 17.0 Å². The molecule has 2 rings (SSSR count). The molecule has 1 aliphatic heterocycles. The average Bonchev–Trinajstić information content (AvgIpc) is 3.13. The highest BCUT2D eigenvalue weighted by Gasteiger charge is 2.33. The van der Waals surface area contributed by atoms with E-state index in [1.807, 2.05) is 6.08 Å². The van der Waals surface area contributed by atoms with E-state index in [0.717, 1.165) is 36.1 Å². The van der Waals surface area contributed by atoms with Crippen LogP contribution in [-0.4, -0.2) is 79.5 Å². The molecule has 1 aromatic rings. The predicted molar refractivity (Wildman–Crippen MR) is 165 cm³/mol. The first-order valence-electron chi connectivity index (χ1n) is 14.2. The molecule has 1 fully saturated rings. The van der Waals surface area contributed by atoms with Crippen molar-refractivity contribution in [2.75, 3.05) is 58.8 Å². The Hall–Kier alpha value is -1.90. The SMILES string of the molecule is CCCCCCN(CCCCCC)c1ccc(/C=C2/SC(=S)N(CC(=O)OCCC[N+](C)(C)C)C2=O)cc1. The molecule has 0 aromatic heterocycles. The van der Waals surface area contributed by atoms with Crippen LogP contribution in [0.25, 0.3) is 6.08 Å². The zero-order valence-electron chi connectivity index (χ0n) is 24.2. The molecule has 6 nitrogen and oxygen atoms in total. The number of thiocarbonyl (C=S) groups is 1. The van der Waals surface area contributed by atoms with E-state index in [1.165, 1.54) is 73.7 Å². The fourth-order valence-corrected chi connectivity index (χ4v) is 5.55. The molecule has 1 aromatic carbocycles. The number of anilines is 1. The Morgan fingerprint density at radius 3 is 2.13 bits per heavy atom. The Labute approximate surface area is 240 Å². The van der Waals surface area contributed by atoms with Gasteiger partial charge in [-0.25, -0.2) is 0 Å². The van der Waals surface area contributed by atoms with Crippen LogP contribution in [0.3, 0.4) is 0 Å². The second-order valence-electron chi connectivity index (χ2n) is 11.1. The second-order valence-corrected chi connectivity index (χ2v) is 12.7. The molecule has 38 heavy (non-hydrogen) atoms. The molecule has 1 heterocycles. The van der Waals surface area contributed by atoms with Crippen LogP contribution < -0.4 is 4.90 Å². The first-order chi connectivity index (χ1) is 18.1. The molecular formula is C30H48N3O3S2+. The first-order valence-corrected chi connectivity index (χ1v) is 15.4. The molecule has 1 amide bonds. The van der Waals surface area contributed by atoms with E-state index in [9.17, 15) is 9.59 Å². The molecule has 0 atom stereocenters. The lowest BCUT2D eigenvalue weighted by atomic mass is 10.1. The highest BCUT2D eigenvalue weighted by atomic mass is 32.2. The van der Waals surface area contributed by atoms with Crippen LogP contribution >= 0.6 is 24.0 Å². The van der Waals surface area contributed by atoms with Gasteiger partial charge in [-0.1, -0.05) is 88.5 Å². The number of hydrogen-bond donors (Lipinski definition) is 0. The van der Waals surface area contributed by atoms with Gasteiger partial charge in [0.1, 0.15) is 10.9 Å². The van der Waals surface area contributed by atoms with Crippen LogP contribution in [0.4, 0.5) is 5.69 Å². The fourth-order valence-electron chi connectivity index (χ4n) is 4.30. The third kappa shape index (κ3) is 11.9. The lowest BCUT2D eigenvalue weighted by Crippen LogP contribution is -2.37. The minimum absolute atomic E-state index is 0.143. The Kier molecular flexibility index (Phi) is 14.4. The van der Waals surface area contributed by atoms with E-state index < -0.39 is 5.97 Å². The number of amides is 1. The van der Waals surface area contributed by atoms with E-state index in [0.29, 0.717) is 15.8 Å². The Morgan fingerprint density at radius 2 is 1.58 bits per heavy atom. The highest BCUT2D eigenvalue weighted by Crippen LogP contribution is 2.32. The number of carbonyl (C=O) groups is 2. The third-order valence-electron chi connectivity index (χ3n) is 6.52. The maximum absolute atomic E-state index is 13.0. The maximum atomic E-state index is 13.0. The minimum Gasteiger partial charge on any atom is -0.464 e. The minimum atomic E-state index is -0.425. The molecular weight excluding hydrogens is 514 g/mol. The van der Waals surface area contributed by atoms with Crippen LogP contribution in [0, 0.1) is 0 Å². The van der Waals surface area contributed by atoms with Gasteiger partial charge < -0.3 is 14.1 Å². The standard InChI is InChI=1S/C30H48N3O3S2/c1-6-8-10-12-19-31(20-13-11-9-7-2)26-17-15-25(16-18-26)23-27-29(35)32(30(37)38-27)24-28(34)36-22-14-21-33(3,4)5/h15-18,23H,6-14,19-22,24H2,1-5H3/q+1/b27-23+. The number of esters is 1. The molecule has 1 aliphatic rings. The summed E-state index contributed by atoms with van der Waals surface area (Å²) in [5.41, 5.74) is 2.18. The van der Waals surface area contributed by atoms with Crippen LogP contribution in [0.15, 0.2) is 29.2 Å². The maximum Gasteiger partial charge on any atom is 0.326 e. The van der Waals surface area contributed by atoms with E-state index in [2.05, 4.69) is 64.2 Å².